The summed E-state index contributed by atoms with van der Waals surface area (Å²) in [7, 11) is 0. The topological polar surface area (TPSA) is 0 Å². The Kier molecular flexibility index (Phi) is 0.245. The van der Waals surface area contributed by atoms with Gasteiger partial charge in [-0.05, 0) is 41.4 Å². The van der Waals surface area contributed by atoms with Crippen LogP contribution in [0.15, 0.2) is 0 Å². The molecule has 0 N–H and O–H groups in total. The molecule has 6 aliphatic rings. The maximum atomic E-state index is 4.77. The van der Waals surface area contributed by atoms with Gasteiger partial charge in [0.05, 0.1) is 0 Å². The van der Waals surface area contributed by atoms with E-state index in [9.17, 15) is 0 Å². The van der Waals surface area contributed by atoms with Gasteiger partial charge in [0, 0.05) is 4.75 Å². The van der Waals surface area contributed by atoms with E-state index in [1.54, 1.807) is 0 Å². The standard InChI is InChI=1S/C8H8S/c9-8-5-2-1-3(5)7(8)4(1)6(2)8/h1-7,9H. The van der Waals surface area contributed by atoms with Crippen molar-refractivity contribution >= 4 is 12.6 Å². The molecule has 9 heavy (non-hydrogen) atoms. The fourth-order valence-corrected chi connectivity index (χ4v) is 6.40. The Morgan fingerprint density at radius 2 is 1.22 bits per heavy atom. The maximum Gasteiger partial charge on any atom is 0.0231 e. The Morgan fingerprint density at radius 1 is 0.778 bits per heavy atom. The molecule has 0 aromatic heterocycles. The third kappa shape index (κ3) is 0.114. The fourth-order valence-electron chi connectivity index (χ4n) is 5.37. The van der Waals surface area contributed by atoms with Gasteiger partial charge in [0.25, 0.3) is 0 Å². The first-order valence-electron chi connectivity index (χ1n) is 4.09. The first-order chi connectivity index (χ1) is 4.37. The molecule has 0 radical (unpaired) electrons. The zero-order valence-corrected chi connectivity index (χ0v) is 5.88. The molecule has 6 aliphatic carbocycles. The second-order valence-corrected chi connectivity index (χ2v) is 5.55. The number of hydrogen-bond acceptors (Lipinski definition) is 1. The summed E-state index contributed by atoms with van der Waals surface area (Å²) in [5, 5.41) is 0. The molecular formula is C8H8S. The zero-order chi connectivity index (χ0) is 5.54. The molecule has 0 saturated heterocycles. The van der Waals surface area contributed by atoms with E-state index in [4.69, 9.17) is 12.6 Å². The van der Waals surface area contributed by atoms with E-state index >= 15 is 0 Å². The number of rotatable bonds is 0. The van der Waals surface area contributed by atoms with Gasteiger partial charge >= 0.3 is 0 Å². The summed E-state index contributed by atoms with van der Waals surface area (Å²) in [5.74, 6) is 8.37. The highest BCUT2D eigenvalue weighted by Crippen LogP contribution is 3.03. The molecule has 0 spiro atoms. The molecule has 0 aliphatic heterocycles. The van der Waals surface area contributed by atoms with Crippen LogP contribution in [0.25, 0.3) is 0 Å². The van der Waals surface area contributed by atoms with E-state index in [1.165, 1.54) is 23.7 Å². The van der Waals surface area contributed by atoms with Crippen LogP contribution >= 0.6 is 12.6 Å². The highest BCUT2D eigenvalue weighted by molar-refractivity contribution is 7.82. The van der Waals surface area contributed by atoms with Crippen LogP contribution in [0.1, 0.15) is 0 Å². The lowest BCUT2D eigenvalue weighted by Crippen LogP contribution is -3.07. The van der Waals surface area contributed by atoms with Gasteiger partial charge in [-0.3, -0.25) is 0 Å². The van der Waals surface area contributed by atoms with Crippen molar-refractivity contribution in [2.45, 2.75) is 4.75 Å². The monoisotopic (exact) mass is 136 g/mol. The van der Waals surface area contributed by atoms with Crippen LogP contribution in [-0.4, -0.2) is 4.75 Å². The van der Waals surface area contributed by atoms with Crippen molar-refractivity contribution in [3.63, 3.8) is 0 Å². The molecule has 6 fully saturated rings. The molecular weight excluding hydrogens is 128 g/mol. The molecule has 0 heterocycles. The fraction of sp³-hybridized carbons (Fsp3) is 1.00. The van der Waals surface area contributed by atoms with E-state index < -0.39 is 0 Å². The average molecular weight is 136 g/mol. The third-order valence-corrected chi connectivity index (χ3v) is 6.32. The molecule has 0 bridgehead atoms. The third-order valence-electron chi connectivity index (χ3n) is 5.42. The minimum Gasteiger partial charge on any atom is -0.172 e. The SMILES string of the molecule is SC12C3C4C5C3C1C5C42. The second kappa shape index (κ2) is 0.603. The molecule has 0 aromatic carbocycles. The molecule has 6 rings (SSSR count). The van der Waals surface area contributed by atoms with Gasteiger partial charge in [-0.15, -0.1) is 0 Å². The van der Waals surface area contributed by atoms with E-state index in [0.29, 0.717) is 4.75 Å². The lowest BCUT2D eigenvalue weighted by Gasteiger charge is -3.06. The summed E-state index contributed by atoms with van der Waals surface area (Å²) in [6.45, 7) is 0. The van der Waals surface area contributed by atoms with Crippen LogP contribution in [-0.2, 0) is 0 Å². The van der Waals surface area contributed by atoms with Crippen molar-refractivity contribution in [1.82, 2.24) is 0 Å². The van der Waals surface area contributed by atoms with Gasteiger partial charge in [0.1, 0.15) is 0 Å². The van der Waals surface area contributed by atoms with Gasteiger partial charge < -0.3 is 0 Å². The van der Waals surface area contributed by atoms with Crippen molar-refractivity contribution in [2.24, 2.45) is 41.4 Å². The van der Waals surface area contributed by atoms with Gasteiger partial charge in [-0.25, -0.2) is 0 Å². The maximum absolute atomic E-state index is 4.77. The van der Waals surface area contributed by atoms with Crippen LogP contribution in [0.3, 0.4) is 0 Å². The summed E-state index contributed by atoms with van der Waals surface area (Å²) in [5.41, 5.74) is 0. The van der Waals surface area contributed by atoms with Crippen LogP contribution in [0.2, 0.25) is 0 Å². The number of thiol groups is 1. The van der Waals surface area contributed by atoms with E-state index in [-0.39, 0.29) is 0 Å². The molecule has 6 saturated carbocycles. The molecule has 0 atom stereocenters. The minimum atomic E-state index is 0.661. The van der Waals surface area contributed by atoms with Gasteiger partial charge in [0.15, 0.2) is 0 Å². The van der Waals surface area contributed by atoms with Gasteiger partial charge in [-0.2, -0.15) is 12.6 Å². The largest absolute Gasteiger partial charge is 0.172 e. The highest BCUT2D eigenvalue weighted by atomic mass is 32.1. The van der Waals surface area contributed by atoms with E-state index in [2.05, 4.69) is 0 Å². The van der Waals surface area contributed by atoms with Crippen LogP contribution < -0.4 is 0 Å². The Balaban J connectivity index is 1.93. The summed E-state index contributed by atoms with van der Waals surface area (Å²) in [4.78, 5) is 0. The molecule has 46 valence electrons. The van der Waals surface area contributed by atoms with Gasteiger partial charge in [-0.1, -0.05) is 0 Å². The van der Waals surface area contributed by atoms with Crippen LogP contribution in [0, 0.1) is 41.4 Å². The van der Waals surface area contributed by atoms with Crippen LogP contribution in [0.5, 0.6) is 0 Å². The number of hydrogen-bond donors (Lipinski definition) is 1. The van der Waals surface area contributed by atoms with Gasteiger partial charge in [0.2, 0.25) is 0 Å². The predicted molar refractivity (Wildman–Crippen MR) is 36.1 cm³/mol. The quantitative estimate of drug-likeness (QED) is 0.473. The van der Waals surface area contributed by atoms with Crippen molar-refractivity contribution in [3.05, 3.63) is 0 Å². The summed E-state index contributed by atoms with van der Waals surface area (Å²) < 4.78 is 0.661. The average Bonchev–Trinajstić information content (AvgIpc) is 1.88. The first kappa shape index (κ1) is 3.66. The minimum absolute atomic E-state index is 0.661. The summed E-state index contributed by atoms with van der Waals surface area (Å²) in [6, 6.07) is 0. The molecule has 0 aromatic rings. The van der Waals surface area contributed by atoms with Crippen molar-refractivity contribution < 1.29 is 0 Å². The predicted octanol–water partition coefficient (Wildman–Crippen LogP) is 1.04. The lowest BCUT2D eigenvalue weighted by molar-refractivity contribution is -0.544. The molecule has 1 heteroatoms. The second-order valence-electron chi connectivity index (χ2n) is 4.77. The summed E-state index contributed by atoms with van der Waals surface area (Å²) >= 11 is 4.77. The Bertz CT molecular complexity index is 206. The summed E-state index contributed by atoms with van der Waals surface area (Å²) in [6.07, 6.45) is 0. The normalized spacial score (nSPS) is 106. The Labute approximate surface area is 59.4 Å². The Morgan fingerprint density at radius 3 is 1.44 bits per heavy atom. The van der Waals surface area contributed by atoms with Crippen molar-refractivity contribution in [1.29, 1.82) is 0 Å². The molecule has 0 nitrogen and oxygen atoms in total. The van der Waals surface area contributed by atoms with Crippen molar-refractivity contribution in [3.8, 4) is 0 Å². The van der Waals surface area contributed by atoms with E-state index in [1.807, 2.05) is 0 Å². The van der Waals surface area contributed by atoms with E-state index in [0.717, 1.165) is 17.8 Å². The molecule has 0 unspecified atom stereocenters. The zero-order valence-electron chi connectivity index (χ0n) is 4.99. The highest BCUT2D eigenvalue weighted by Gasteiger charge is 3.03. The van der Waals surface area contributed by atoms with Crippen molar-refractivity contribution in [2.75, 3.05) is 0 Å². The molecule has 0 amide bonds. The van der Waals surface area contributed by atoms with Crippen LogP contribution in [0.4, 0.5) is 0 Å². The smallest absolute Gasteiger partial charge is 0.0231 e. The lowest BCUT2D eigenvalue weighted by atomic mass is 9.01. The first-order valence-corrected chi connectivity index (χ1v) is 4.54. The Hall–Kier alpha value is 0.350.